The van der Waals surface area contributed by atoms with Crippen molar-refractivity contribution in [1.29, 1.82) is 0 Å². The lowest BCUT2D eigenvalue weighted by Crippen LogP contribution is -2.26. The van der Waals surface area contributed by atoms with Gasteiger partial charge in [-0.3, -0.25) is 4.98 Å². The van der Waals surface area contributed by atoms with Crippen molar-refractivity contribution in [2.75, 3.05) is 10.6 Å². The maximum atomic E-state index is 5.86. The summed E-state index contributed by atoms with van der Waals surface area (Å²) >= 11 is 0. The molecular formula is C16H20N4. The molecule has 0 saturated heterocycles. The highest BCUT2D eigenvalue weighted by atomic mass is 15.2. The molecule has 2 aromatic rings. The molecule has 1 heterocycles. The number of hydrogen-bond donors (Lipinski definition) is 1. The van der Waals surface area contributed by atoms with E-state index in [2.05, 4.69) is 20.9 Å². The van der Waals surface area contributed by atoms with Crippen LogP contribution in [0.5, 0.6) is 0 Å². The molecule has 0 amide bonds. The molecule has 1 aromatic heterocycles. The van der Waals surface area contributed by atoms with Gasteiger partial charge in [-0.05, 0) is 44.4 Å². The third-order valence-corrected chi connectivity index (χ3v) is 3.77. The third-order valence-electron chi connectivity index (χ3n) is 3.77. The molecule has 0 atom stereocenters. The van der Waals surface area contributed by atoms with Crippen LogP contribution in [-0.2, 0) is 6.54 Å². The molecule has 1 aliphatic carbocycles. The molecule has 0 aliphatic heterocycles. The average Bonchev–Trinajstić information content (AvgIpc) is 3.24. The van der Waals surface area contributed by atoms with Crippen LogP contribution in [0, 0.1) is 13.8 Å². The Morgan fingerprint density at radius 3 is 2.70 bits per heavy atom. The van der Waals surface area contributed by atoms with Gasteiger partial charge in [-0.25, -0.2) is 4.98 Å². The number of nitrogen functional groups attached to an aromatic ring is 1. The van der Waals surface area contributed by atoms with Gasteiger partial charge in [0.15, 0.2) is 0 Å². The summed E-state index contributed by atoms with van der Waals surface area (Å²) in [5.74, 6) is 0.970. The minimum Gasteiger partial charge on any atom is -0.399 e. The number of anilines is 2. The van der Waals surface area contributed by atoms with Crippen molar-refractivity contribution in [3.63, 3.8) is 0 Å². The van der Waals surface area contributed by atoms with Crippen molar-refractivity contribution in [2.45, 2.75) is 39.3 Å². The fourth-order valence-electron chi connectivity index (χ4n) is 2.34. The number of aromatic nitrogens is 2. The molecule has 4 nitrogen and oxygen atoms in total. The van der Waals surface area contributed by atoms with E-state index in [0.717, 1.165) is 29.4 Å². The molecule has 1 aliphatic rings. The first-order valence-corrected chi connectivity index (χ1v) is 7.05. The van der Waals surface area contributed by atoms with Crippen molar-refractivity contribution in [3.8, 4) is 0 Å². The second-order valence-electron chi connectivity index (χ2n) is 5.50. The first-order valence-electron chi connectivity index (χ1n) is 7.05. The molecular weight excluding hydrogens is 248 g/mol. The standard InChI is InChI=1S/C16H20N4/c1-11-12(2)19-16(9-18-11)20(15-6-7-15)10-13-4-3-5-14(17)8-13/h3-5,8-9,15H,6-7,10,17H2,1-2H3. The van der Waals surface area contributed by atoms with Crippen LogP contribution in [0.4, 0.5) is 11.5 Å². The Hall–Kier alpha value is -2.10. The van der Waals surface area contributed by atoms with E-state index in [-0.39, 0.29) is 0 Å². The molecule has 104 valence electrons. The molecule has 3 rings (SSSR count). The maximum Gasteiger partial charge on any atom is 0.147 e. The second-order valence-corrected chi connectivity index (χ2v) is 5.50. The molecule has 1 aromatic carbocycles. The predicted octanol–water partition coefficient (Wildman–Crippen LogP) is 2.84. The molecule has 0 spiro atoms. The largest absolute Gasteiger partial charge is 0.399 e. The van der Waals surface area contributed by atoms with Crippen molar-refractivity contribution in [2.24, 2.45) is 0 Å². The van der Waals surface area contributed by atoms with Crippen LogP contribution in [0.3, 0.4) is 0 Å². The zero-order valence-corrected chi connectivity index (χ0v) is 12.0. The van der Waals surface area contributed by atoms with Crippen LogP contribution < -0.4 is 10.6 Å². The molecule has 20 heavy (non-hydrogen) atoms. The van der Waals surface area contributed by atoms with E-state index in [1.807, 2.05) is 38.2 Å². The lowest BCUT2D eigenvalue weighted by Gasteiger charge is -2.24. The Kier molecular flexibility index (Phi) is 3.30. The Labute approximate surface area is 119 Å². The van der Waals surface area contributed by atoms with E-state index in [1.54, 1.807) is 0 Å². The first kappa shape index (κ1) is 12.9. The van der Waals surface area contributed by atoms with Crippen LogP contribution in [-0.4, -0.2) is 16.0 Å². The summed E-state index contributed by atoms with van der Waals surface area (Å²) in [4.78, 5) is 11.5. The molecule has 1 fully saturated rings. The van der Waals surface area contributed by atoms with Gasteiger partial charge in [-0.2, -0.15) is 0 Å². The van der Waals surface area contributed by atoms with Gasteiger partial charge in [0.05, 0.1) is 17.6 Å². The van der Waals surface area contributed by atoms with Crippen molar-refractivity contribution in [1.82, 2.24) is 9.97 Å². The zero-order valence-electron chi connectivity index (χ0n) is 12.0. The van der Waals surface area contributed by atoms with Gasteiger partial charge >= 0.3 is 0 Å². The highest BCUT2D eigenvalue weighted by molar-refractivity contribution is 5.45. The zero-order chi connectivity index (χ0) is 14.1. The Balaban J connectivity index is 1.87. The second kappa shape index (κ2) is 5.12. The van der Waals surface area contributed by atoms with Crippen LogP contribution in [0.1, 0.15) is 29.8 Å². The summed E-state index contributed by atoms with van der Waals surface area (Å²) in [5, 5.41) is 0. The highest BCUT2D eigenvalue weighted by Gasteiger charge is 2.30. The van der Waals surface area contributed by atoms with Gasteiger partial charge in [0.25, 0.3) is 0 Å². The van der Waals surface area contributed by atoms with Crippen LogP contribution in [0.25, 0.3) is 0 Å². The maximum absolute atomic E-state index is 5.86. The van der Waals surface area contributed by atoms with Gasteiger partial charge in [0.1, 0.15) is 5.82 Å². The fraction of sp³-hybridized carbons (Fsp3) is 0.375. The lowest BCUT2D eigenvalue weighted by atomic mass is 10.2. The van der Waals surface area contributed by atoms with E-state index < -0.39 is 0 Å². The summed E-state index contributed by atoms with van der Waals surface area (Å²) in [6, 6.07) is 8.65. The molecule has 2 N–H and O–H groups in total. The van der Waals surface area contributed by atoms with E-state index in [9.17, 15) is 0 Å². The van der Waals surface area contributed by atoms with E-state index >= 15 is 0 Å². The Morgan fingerprint density at radius 1 is 1.25 bits per heavy atom. The number of aryl methyl sites for hydroxylation is 2. The lowest BCUT2D eigenvalue weighted by molar-refractivity contribution is 0.769. The van der Waals surface area contributed by atoms with Gasteiger partial charge < -0.3 is 10.6 Å². The van der Waals surface area contributed by atoms with Crippen molar-refractivity contribution < 1.29 is 0 Å². The van der Waals surface area contributed by atoms with Gasteiger partial charge in [-0.1, -0.05) is 12.1 Å². The van der Waals surface area contributed by atoms with Crippen LogP contribution in [0.2, 0.25) is 0 Å². The number of rotatable bonds is 4. The number of benzene rings is 1. The van der Waals surface area contributed by atoms with Gasteiger partial charge in [0, 0.05) is 18.3 Å². The fourth-order valence-corrected chi connectivity index (χ4v) is 2.34. The third kappa shape index (κ3) is 2.74. The minimum absolute atomic E-state index is 0.591. The Bertz CT molecular complexity index is 620. The smallest absolute Gasteiger partial charge is 0.147 e. The van der Waals surface area contributed by atoms with E-state index in [1.165, 1.54) is 18.4 Å². The molecule has 1 saturated carbocycles. The van der Waals surface area contributed by atoms with Gasteiger partial charge in [0.2, 0.25) is 0 Å². The van der Waals surface area contributed by atoms with Crippen molar-refractivity contribution >= 4 is 11.5 Å². The van der Waals surface area contributed by atoms with Crippen LogP contribution >= 0.6 is 0 Å². The SMILES string of the molecule is Cc1ncc(N(Cc2cccc(N)c2)C2CC2)nc1C. The summed E-state index contributed by atoms with van der Waals surface area (Å²) in [6.07, 6.45) is 4.35. The molecule has 0 unspecified atom stereocenters. The van der Waals surface area contributed by atoms with E-state index in [4.69, 9.17) is 5.73 Å². The summed E-state index contributed by atoms with van der Waals surface area (Å²) in [7, 11) is 0. The van der Waals surface area contributed by atoms with E-state index in [0.29, 0.717) is 6.04 Å². The monoisotopic (exact) mass is 268 g/mol. The first-order chi connectivity index (χ1) is 9.63. The number of nitrogens with two attached hydrogens (primary N) is 1. The number of nitrogens with zero attached hydrogens (tertiary/aromatic N) is 3. The van der Waals surface area contributed by atoms with Crippen LogP contribution in [0.15, 0.2) is 30.5 Å². The number of hydrogen-bond acceptors (Lipinski definition) is 4. The molecule has 0 bridgehead atoms. The predicted molar refractivity (Wildman–Crippen MR) is 81.6 cm³/mol. The average molecular weight is 268 g/mol. The highest BCUT2D eigenvalue weighted by Crippen LogP contribution is 2.32. The quantitative estimate of drug-likeness (QED) is 0.866. The summed E-state index contributed by atoms with van der Waals surface area (Å²) < 4.78 is 0. The molecule has 0 radical (unpaired) electrons. The van der Waals surface area contributed by atoms with Gasteiger partial charge in [-0.15, -0.1) is 0 Å². The molecule has 4 heteroatoms. The summed E-state index contributed by atoms with van der Waals surface area (Å²) in [5.41, 5.74) is 9.89. The normalized spacial score (nSPS) is 14.3. The van der Waals surface area contributed by atoms with Crippen molar-refractivity contribution in [3.05, 3.63) is 47.4 Å². The Morgan fingerprint density at radius 2 is 2.05 bits per heavy atom. The summed E-state index contributed by atoms with van der Waals surface area (Å²) in [6.45, 7) is 4.84. The minimum atomic E-state index is 0.591. The topological polar surface area (TPSA) is 55.0 Å².